The molecule has 3 rings (SSSR count). The summed E-state index contributed by atoms with van der Waals surface area (Å²) in [7, 11) is 1.98. The van der Waals surface area contributed by atoms with Gasteiger partial charge in [0.2, 0.25) is 0 Å². The van der Waals surface area contributed by atoms with Crippen LogP contribution in [0.1, 0.15) is 22.9 Å². The highest BCUT2D eigenvalue weighted by atomic mass is 32.1. The lowest BCUT2D eigenvalue weighted by molar-refractivity contribution is 0.664. The molecule has 0 aliphatic rings. The fourth-order valence-corrected chi connectivity index (χ4v) is 3.31. The van der Waals surface area contributed by atoms with E-state index in [-0.39, 0.29) is 0 Å². The highest BCUT2D eigenvalue weighted by Gasteiger charge is 2.16. The number of thiazole rings is 1. The standard InChI is InChI=1S/C16H17N3S/c1-10(17-3)16-15(19-11(2)20-16)13-6-7-14-12(9-13)5-4-8-18-14/h4-10,17H,1-3H3. The van der Waals surface area contributed by atoms with Gasteiger partial charge in [0.1, 0.15) is 0 Å². The molecule has 4 heteroatoms. The van der Waals surface area contributed by atoms with Crippen molar-refractivity contribution in [3.8, 4) is 11.3 Å². The van der Waals surface area contributed by atoms with E-state index in [0.717, 1.165) is 27.2 Å². The second-order valence-corrected chi connectivity index (χ2v) is 6.10. The van der Waals surface area contributed by atoms with Crippen LogP contribution in [0.3, 0.4) is 0 Å². The Morgan fingerprint density at radius 2 is 2.10 bits per heavy atom. The molecule has 102 valence electrons. The topological polar surface area (TPSA) is 37.8 Å². The molecular weight excluding hydrogens is 266 g/mol. The largest absolute Gasteiger partial charge is 0.312 e. The molecule has 3 nitrogen and oxygen atoms in total. The SMILES string of the molecule is CNC(C)c1sc(C)nc1-c1ccc2ncccc2c1. The number of rotatable bonds is 3. The zero-order valence-corrected chi connectivity index (χ0v) is 12.7. The molecule has 0 saturated carbocycles. The highest BCUT2D eigenvalue weighted by Crippen LogP contribution is 2.33. The van der Waals surface area contributed by atoms with Crippen molar-refractivity contribution in [2.75, 3.05) is 7.05 Å². The summed E-state index contributed by atoms with van der Waals surface area (Å²) in [6.45, 7) is 4.22. The van der Waals surface area contributed by atoms with E-state index in [4.69, 9.17) is 4.98 Å². The number of aryl methyl sites for hydroxylation is 1. The van der Waals surface area contributed by atoms with Crippen LogP contribution in [-0.2, 0) is 0 Å². The summed E-state index contributed by atoms with van der Waals surface area (Å²) in [4.78, 5) is 10.4. The van der Waals surface area contributed by atoms with Gasteiger partial charge in [0.15, 0.2) is 0 Å². The Morgan fingerprint density at radius 3 is 2.90 bits per heavy atom. The van der Waals surface area contributed by atoms with Crippen LogP contribution in [0, 0.1) is 6.92 Å². The minimum atomic E-state index is 0.306. The summed E-state index contributed by atoms with van der Waals surface area (Å²) < 4.78 is 0. The molecule has 0 aliphatic heterocycles. The van der Waals surface area contributed by atoms with Crippen molar-refractivity contribution in [2.24, 2.45) is 0 Å². The second-order valence-electron chi connectivity index (χ2n) is 4.87. The highest BCUT2D eigenvalue weighted by molar-refractivity contribution is 7.12. The van der Waals surface area contributed by atoms with Gasteiger partial charge in [-0.2, -0.15) is 0 Å². The number of hydrogen-bond acceptors (Lipinski definition) is 4. The van der Waals surface area contributed by atoms with E-state index in [9.17, 15) is 0 Å². The molecule has 0 aliphatic carbocycles. The van der Waals surface area contributed by atoms with Gasteiger partial charge in [-0.15, -0.1) is 11.3 Å². The van der Waals surface area contributed by atoms with E-state index in [0.29, 0.717) is 6.04 Å². The number of pyridine rings is 1. The van der Waals surface area contributed by atoms with E-state index in [2.05, 4.69) is 48.4 Å². The van der Waals surface area contributed by atoms with E-state index >= 15 is 0 Å². The third-order valence-corrected chi connectivity index (χ3v) is 4.62. The van der Waals surface area contributed by atoms with Gasteiger partial charge < -0.3 is 5.32 Å². The van der Waals surface area contributed by atoms with Crippen LogP contribution in [0.4, 0.5) is 0 Å². The zero-order chi connectivity index (χ0) is 14.1. The van der Waals surface area contributed by atoms with E-state index in [1.807, 2.05) is 19.3 Å². The van der Waals surface area contributed by atoms with Crippen LogP contribution >= 0.6 is 11.3 Å². The normalized spacial score (nSPS) is 12.8. The van der Waals surface area contributed by atoms with Crippen LogP contribution in [0.15, 0.2) is 36.5 Å². The van der Waals surface area contributed by atoms with Gasteiger partial charge >= 0.3 is 0 Å². The van der Waals surface area contributed by atoms with Crippen molar-refractivity contribution in [3.05, 3.63) is 46.4 Å². The monoisotopic (exact) mass is 283 g/mol. The predicted molar refractivity (Wildman–Crippen MR) is 85.1 cm³/mol. The maximum absolute atomic E-state index is 4.71. The first-order valence-corrected chi connectivity index (χ1v) is 7.50. The Labute approximate surface area is 122 Å². The van der Waals surface area contributed by atoms with Crippen LogP contribution < -0.4 is 5.32 Å². The van der Waals surface area contributed by atoms with Gasteiger partial charge in [0.05, 0.1) is 16.2 Å². The fourth-order valence-electron chi connectivity index (χ4n) is 2.30. The summed E-state index contributed by atoms with van der Waals surface area (Å²) in [6.07, 6.45) is 1.82. The molecule has 3 aromatic rings. The average Bonchev–Trinajstić information content (AvgIpc) is 2.88. The van der Waals surface area contributed by atoms with Crippen LogP contribution in [-0.4, -0.2) is 17.0 Å². The average molecular weight is 283 g/mol. The van der Waals surface area contributed by atoms with Gasteiger partial charge in [-0.25, -0.2) is 4.98 Å². The van der Waals surface area contributed by atoms with Crippen LogP contribution in [0.5, 0.6) is 0 Å². The van der Waals surface area contributed by atoms with Gasteiger partial charge in [0.25, 0.3) is 0 Å². The van der Waals surface area contributed by atoms with Crippen molar-refractivity contribution in [2.45, 2.75) is 19.9 Å². The molecule has 1 aromatic carbocycles. The minimum absolute atomic E-state index is 0.306. The molecule has 0 amide bonds. The van der Waals surface area contributed by atoms with Crippen molar-refractivity contribution in [1.29, 1.82) is 0 Å². The third kappa shape index (κ3) is 2.32. The van der Waals surface area contributed by atoms with E-state index < -0.39 is 0 Å². The third-order valence-electron chi connectivity index (χ3n) is 3.46. The Bertz CT molecular complexity index is 748. The predicted octanol–water partition coefficient (Wildman–Crippen LogP) is 3.95. The van der Waals surface area contributed by atoms with E-state index in [1.165, 1.54) is 4.88 Å². The van der Waals surface area contributed by atoms with Crippen LogP contribution in [0.2, 0.25) is 0 Å². The Hall–Kier alpha value is -1.78. The molecule has 0 fully saturated rings. The fraction of sp³-hybridized carbons (Fsp3) is 0.250. The molecule has 0 radical (unpaired) electrons. The number of benzene rings is 1. The summed E-state index contributed by atoms with van der Waals surface area (Å²) in [6, 6.07) is 10.7. The Kier molecular flexibility index (Phi) is 3.51. The molecule has 0 saturated heterocycles. The second kappa shape index (κ2) is 5.31. The van der Waals surface area contributed by atoms with Crippen molar-refractivity contribution in [3.63, 3.8) is 0 Å². The lowest BCUT2D eigenvalue weighted by Crippen LogP contribution is -2.11. The number of hydrogen-bond donors (Lipinski definition) is 1. The Balaban J connectivity index is 2.15. The zero-order valence-electron chi connectivity index (χ0n) is 11.8. The molecule has 0 bridgehead atoms. The molecule has 1 atom stereocenters. The van der Waals surface area contributed by atoms with Gasteiger partial charge in [-0.1, -0.05) is 12.1 Å². The number of fused-ring (bicyclic) bond motifs is 1. The van der Waals surface area contributed by atoms with Crippen molar-refractivity contribution >= 4 is 22.2 Å². The van der Waals surface area contributed by atoms with Gasteiger partial charge in [-0.05, 0) is 39.1 Å². The number of nitrogens with zero attached hydrogens (tertiary/aromatic N) is 2. The molecule has 20 heavy (non-hydrogen) atoms. The van der Waals surface area contributed by atoms with Crippen molar-refractivity contribution < 1.29 is 0 Å². The first-order valence-electron chi connectivity index (χ1n) is 6.69. The maximum atomic E-state index is 4.71. The smallest absolute Gasteiger partial charge is 0.0905 e. The molecule has 1 N–H and O–H groups in total. The maximum Gasteiger partial charge on any atom is 0.0905 e. The van der Waals surface area contributed by atoms with Crippen LogP contribution in [0.25, 0.3) is 22.2 Å². The summed E-state index contributed by atoms with van der Waals surface area (Å²) in [5, 5.41) is 5.55. The lowest BCUT2D eigenvalue weighted by Gasteiger charge is -2.10. The number of aromatic nitrogens is 2. The summed E-state index contributed by atoms with van der Waals surface area (Å²) in [5.41, 5.74) is 3.26. The van der Waals surface area contributed by atoms with Crippen molar-refractivity contribution in [1.82, 2.24) is 15.3 Å². The molecule has 0 spiro atoms. The minimum Gasteiger partial charge on any atom is -0.312 e. The first-order chi connectivity index (χ1) is 9.69. The molecule has 2 heterocycles. The summed E-state index contributed by atoms with van der Waals surface area (Å²) in [5.74, 6) is 0. The van der Waals surface area contributed by atoms with Gasteiger partial charge in [-0.3, -0.25) is 4.98 Å². The summed E-state index contributed by atoms with van der Waals surface area (Å²) >= 11 is 1.76. The molecule has 1 unspecified atom stereocenters. The first kappa shape index (κ1) is 13.2. The molecular formula is C16H17N3S. The molecule has 2 aromatic heterocycles. The lowest BCUT2D eigenvalue weighted by atomic mass is 10.1. The van der Waals surface area contributed by atoms with E-state index in [1.54, 1.807) is 11.3 Å². The quantitative estimate of drug-likeness (QED) is 0.791. The number of nitrogens with one attached hydrogen (secondary N) is 1. The van der Waals surface area contributed by atoms with Gasteiger partial charge in [0, 0.05) is 28.1 Å². The Morgan fingerprint density at radius 1 is 1.25 bits per heavy atom.